The Morgan fingerprint density at radius 2 is 1.93 bits per heavy atom. The van der Waals surface area contributed by atoms with Crippen molar-refractivity contribution in [3.05, 3.63) is 64.7 Å². The van der Waals surface area contributed by atoms with Gasteiger partial charge in [0.2, 0.25) is 5.91 Å². The monoisotopic (exact) mass is 412 g/mol. The second-order valence-electron chi connectivity index (χ2n) is 7.19. The summed E-state index contributed by atoms with van der Waals surface area (Å²) in [5, 5.41) is 0.473. The van der Waals surface area contributed by atoms with Crippen molar-refractivity contribution < 1.29 is 19.2 Å². The third-order valence-electron chi connectivity index (χ3n) is 5.33. The molecule has 6 nitrogen and oxygen atoms in total. The number of carbonyl (C=O) groups is 2. The number of nitrogens with one attached hydrogen (secondary N) is 1. The average Bonchev–Trinajstić information content (AvgIpc) is 2.74. The van der Waals surface area contributed by atoms with Crippen LogP contribution >= 0.6 is 11.6 Å². The van der Waals surface area contributed by atoms with E-state index in [1.54, 1.807) is 42.6 Å². The minimum absolute atomic E-state index is 0.307. The second kappa shape index (κ2) is 8.86. The Hall–Kier alpha value is -2.54. The standard InChI is InChI=1S/C22H22ClN3O3/c23-16-4-3-5-17(14-16)26-21(27)19-7-2-1-6-18(19)20(22(26)28)15-24-8-9-25-10-12-29-13-11-25/h1-7,14-15,20H,8-13H2/p+1/t20-/m1/s1. The maximum absolute atomic E-state index is 13.3. The van der Waals surface area contributed by atoms with E-state index in [0.29, 0.717) is 28.4 Å². The van der Waals surface area contributed by atoms with Crippen molar-refractivity contribution in [2.24, 2.45) is 4.99 Å². The van der Waals surface area contributed by atoms with Crippen molar-refractivity contribution in [2.75, 3.05) is 44.3 Å². The number of rotatable bonds is 5. The van der Waals surface area contributed by atoms with E-state index >= 15 is 0 Å². The summed E-state index contributed by atoms with van der Waals surface area (Å²) in [5.74, 6) is -1.24. The van der Waals surface area contributed by atoms with E-state index in [9.17, 15) is 9.59 Å². The fourth-order valence-electron chi connectivity index (χ4n) is 3.77. The van der Waals surface area contributed by atoms with Crippen molar-refractivity contribution in [3.8, 4) is 0 Å². The number of quaternary nitrogens is 1. The molecule has 2 heterocycles. The molecule has 29 heavy (non-hydrogen) atoms. The summed E-state index contributed by atoms with van der Waals surface area (Å²) in [6.45, 7) is 5.07. The van der Waals surface area contributed by atoms with E-state index < -0.39 is 5.92 Å². The van der Waals surface area contributed by atoms with Gasteiger partial charge >= 0.3 is 0 Å². The Bertz CT molecular complexity index is 940. The molecule has 150 valence electrons. The molecule has 1 N–H and O–H groups in total. The molecule has 0 radical (unpaired) electrons. The summed E-state index contributed by atoms with van der Waals surface area (Å²) in [6, 6.07) is 14.0. The van der Waals surface area contributed by atoms with Crippen LogP contribution < -0.4 is 9.80 Å². The van der Waals surface area contributed by atoms with Gasteiger partial charge in [-0.05, 0) is 29.8 Å². The Morgan fingerprint density at radius 3 is 2.72 bits per heavy atom. The van der Waals surface area contributed by atoms with Gasteiger partial charge in [-0.3, -0.25) is 14.6 Å². The zero-order chi connectivity index (χ0) is 20.2. The number of halogens is 1. The Labute approximate surface area is 174 Å². The molecule has 2 aromatic carbocycles. The quantitative estimate of drug-likeness (QED) is 0.599. The molecular formula is C22H23ClN3O3+. The van der Waals surface area contributed by atoms with E-state index in [1.165, 1.54) is 9.80 Å². The molecule has 1 fully saturated rings. The number of amides is 2. The third-order valence-corrected chi connectivity index (χ3v) is 5.57. The predicted molar refractivity (Wildman–Crippen MR) is 112 cm³/mol. The number of anilines is 1. The molecule has 1 saturated heterocycles. The first-order valence-electron chi connectivity index (χ1n) is 9.79. The van der Waals surface area contributed by atoms with Crippen LogP contribution in [0.5, 0.6) is 0 Å². The van der Waals surface area contributed by atoms with Gasteiger partial charge in [0.25, 0.3) is 5.91 Å². The number of imide groups is 1. The van der Waals surface area contributed by atoms with Gasteiger partial charge in [-0.2, -0.15) is 0 Å². The molecule has 0 aliphatic carbocycles. The number of carbonyl (C=O) groups excluding carboxylic acids is 2. The van der Waals surface area contributed by atoms with E-state index in [0.717, 1.165) is 32.8 Å². The van der Waals surface area contributed by atoms with Crippen molar-refractivity contribution in [1.82, 2.24) is 0 Å². The molecular weight excluding hydrogens is 390 g/mol. The lowest BCUT2D eigenvalue weighted by atomic mass is 9.89. The molecule has 4 rings (SSSR count). The largest absolute Gasteiger partial charge is 0.370 e. The van der Waals surface area contributed by atoms with Crippen LogP contribution in [0.2, 0.25) is 5.02 Å². The summed E-state index contributed by atoms with van der Waals surface area (Å²) in [6.07, 6.45) is 1.69. The number of ether oxygens (including phenoxy) is 1. The lowest BCUT2D eigenvalue weighted by molar-refractivity contribution is -0.906. The highest BCUT2D eigenvalue weighted by molar-refractivity contribution is 6.32. The van der Waals surface area contributed by atoms with Gasteiger partial charge in [0.15, 0.2) is 0 Å². The van der Waals surface area contributed by atoms with Crippen LogP contribution in [0.3, 0.4) is 0 Å². The van der Waals surface area contributed by atoms with Crippen LogP contribution in [0.4, 0.5) is 5.69 Å². The van der Waals surface area contributed by atoms with Crippen LogP contribution in [-0.2, 0) is 9.53 Å². The number of fused-ring (bicyclic) bond motifs is 1. The maximum Gasteiger partial charge on any atom is 0.265 e. The smallest absolute Gasteiger partial charge is 0.265 e. The first-order chi connectivity index (χ1) is 14.1. The van der Waals surface area contributed by atoms with Gasteiger partial charge < -0.3 is 9.64 Å². The van der Waals surface area contributed by atoms with E-state index in [4.69, 9.17) is 16.3 Å². The summed E-state index contributed by atoms with van der Waals surface area (Å²) in [4.78, 5) is 33.5. The lowest BCUT2D eigenvalue weighted by Crippen LogP contribution is -3.14. The molecule has 0 bridgehead atoms. The van der Waals surface area contributed by atoms with E-state index in [1.807, 2.05) is 12.1 Å². The third kappa shape index (κ3) is 4.24. The van der Waals surface area contributed by atoms with Gasteiger partial charge in [-0.25, -0.2) is 4.90 Å². The fourth-order valence-corrected chi connectivity index (χ4v) is 3.96. The molecule has 0 saturated carbocycles. The highest BCUT2D eigenvalue weighted by atomic mass is 35.5. The first kappa shape index (κ1) is 19.8. The van der Waals surface area contributed by atoms with Crippen molar-refractivity contribution in [2.45, 2.75) is 5.92 Å². The highest BCUT2D eigenvalue weighted by Gasteiger charge is 2.38. The number of nitrogens with zero attached hydrogens (tertiary/aromatic N) is 2. The van der Waals surface area contributed by atoms with Crippen LogP contribution in [0.25, 0.3) is 0 Å². The molecule has 0 aromatic heterocycles. The Kier molecular flexibility index (Phi) is 6.04. The molecule has 2 amide bonds. The Balaban J connectivity index is 1.58. The minimum atomic E-state index is -0.595. The lowest BCUT2D eigenvalue weighted by Gasteiger charge is -2.31. The molecule has 7 heteroatoms. The second-order valence-corrected chi connectivity index (χ2v) is 7.63. The molecule has 0 unspecified atom stereocenters. The van der Waals surface area contributed by atoms with Gasteiger partial charge in [0, 0.05) is 16.8 Å². The van der Waals surface area contributed by atoms with Crippen LogP contribution in [0.15, 0.2) is 53.5 Å². The maximum atomic E-state index is 13.3. The van der Waals surface area contributed by atoms with Crippen LogP contribution in [0.1, 0.15) is 21.8 Å². The summed E-state index contributed by atoms with van der Waals surface area (Å²) < 4.78 is 5.38. The molecule has 2 aromatic rings. The van der Waals surface area contributed by atoms with Crippen molar-refractivity contribution in [3.63, 3.8) is 0 Å². The first-order valence-corrected chi connectivity index (χ1v) is 10.2. The number of aliphatic imine (C=N–C) groups is 1. The van der Waals surface area contributed by atoms with E-state index in [2.05, 4.69) is 4.99 Å². The highest BCUT2D eigenvalue weighted by Crippen LogP contribution is 2.32. The van der Waals surface area contributed by atoms with Gasteiger partial charge in [-0.15, -0.1) is 0 Å². The molecule has 1 atom stereocenters. The van der Waals surface area contributed by atoms with Crippen LogP contribution in [-0.4, -0.2) is 57.4 Å². The average molecular weight is 413 g/mol. The Morgan fingerprint density at radius 1 is 1.14 bits per heavy atom. The van der Waals surface area contributed by atoms with Crippen molar-refractivity contribution >= 4 is 35.3 Å². The zero-order valence-corrected chi connectivity index (χ0v) is 16.8. The molecule has 2 aliphatic rings. The van der Waals surface area contributed by atoms with Gasteiger partial charge in [0.1, 0.15) is 13.1 Å². The predicted octanol–water partition coefficient (Wildman–Crippen LogP) is 1.60. The van der Waals surface area contributed by atoms with Crippen LogP contribution in [0, 0.1) is 0 Å². The van der Waals surface area contributed by atoms with Gasteiger partial charge in [-0.1, -0.05) is 35.9 Å². The topological polar surface area (TPSA) is 63.4 Å². The number of benzene rings is 2. The fraction of sp³-hybridized carbons (Fsp3) is 0.318. The summed E-state index contributed by atoms with van der Waals surface area (Å²) >= 11 is 6.09. The van der Waals surface area contributed by atoms with Crippen molar-refractivity contribution in [1.29, 1.82) is 0 Å². The zero-order valence-electron chi connectivity index (χ0n) is 16.0. The van der Waals surface area contributed by atoms with E-state index in [-0.39, 0.29) is 11.8 Å². The summed E-state index contributed by atoms with van der Waals surface area (Å²) in [7, 11) is 0. The minimum Gasteiger partial charge on any atom is -0.370 e. The molecule has 2 aliphatic heterocycles. The number of morpholine rings is 1. The number of hydrogen-bond acceptors (Lipinski definition) is 4. The summed E-state index contributed by atoms with van der Waals surface area (Å²) in [5.41, 5.74) is 1.68. The normalized spacial score (nSPS) is 20.3. The SMILES string of the molecule is O=C1c2ccccc2[C@@H](C=NCC[NH+]2CCOCC2)C(=O)N1c1cccc(Cl)c1. The number of hydrogen-bond donors (Lipinski definition) is 1. The van der Waals surface area contributed by atoms with Gasteiger partial charge in [0.05, 0.1) is 37.9 Å². The molecule has 0 spiro atoms.